The van der Waals surface area contributed by atoms with Gasteiger partial charge in [-0.1, -0.05) is 18.2 Å². The van der Waals surface area contributed by atoms with Gasteiger partial charge in [-0.3, -0.25) is 0 Å². The maximum Gasteiger partial charge on any atom is 0.123 e. The summed E-state index contributed by atoms with van der Waals surface area (Å²) in [7, 11) is 0. The highest BCUT2D eigenvalue weighted by atomic mass is 15.0. The normalized spacial score (nSPS) is 29.2. The first-order valence-corrected chi connectivity index (χ1v) is 5.18. The molecule has 2 heteroatoms. The smallest absolute Gasteiger partial charge is 0.123 e. The molecule has 0 saturated carbocycles. The van der Waals surface area contributed by atoms with Gasteiger partial charge in [-0.05, 0) is 43.5 Å². The van der Waals surface area contributed by atoms with Crippen molar-refractivity contribution in [3.8, 4) is 0 Å². The highest BCUT2D eigenvalue weighted by Crippen LogP contribution is 2.23. The van der Waals surface area contributed by atoms with Crippen molar-refractivity contribution in [3.63, 3.8) is 0 Å². The van der Waals surface area contributed by atoms with E-state index in [0.29, 0.717) is 0 Å². The number of aryl methyl sites for hydroxylation is 2. The number of nitrogens with two attached hydrogens (primary N) is 1. The number of hydrogen-bond acceptors (Lipinski definition) is 2. The molecule has 0 radical (unpaired) electrons. The quantitative estimate of drug-likeness (QED) is 0.708. The molecule has 0 amide bonds. The second kappa shape index (κ2) is 3.71. The van der Waals surface area contributed by atoms with Gasteiger partial charge in [0.25, 0.3) is 0 Å². The summed E-state index contributed by atoms with van der Waals surface area (Å²) in [5.74, 6) is 0. The lowest BCUT2D eigenvalue weighted by Gasteiger charge is -2.17. The molecule has 2 nitrogen and oxygen atoms in total. The van der Waals surface area contributed by atoms with E-state index < -0.39 is 0 Å². The third kappa shape index (κ3) is 1.68. The van der Waals surface area contributed by atoms with Gasteiger partial charge in [-0.2, -0.15) is 0 Å². The molecule has 2 atom stereocenters. The van der Waals surface area contributed by atoms with Crippen molar-refractivity contribution in [3.05, 3.63) is 34.9 Å². The van der Waals surface area contributed by atoms with Crippen LogP contribution in [0.2, 0.25) is 1.41 Å². The average Bonchev–Trinajstić information content (AvgIpc) is 2.52. The third-order valence-corrected chi connectivity index (χ3v) is 3.07. The van der Waals surface area contributed by atoms with Gasteiger partial charge in [-0.25, -0.2) is 0 Å². The molecule has 0 aliphatic carbocycles. The molecule has 1 aromatic carbocycles. The average molecular weight is 191 g/mol. The van der Waals surface area contributed by atoms with Crippen molar-refractivity contribution in [2.45, 2.75) is 32.4 Å². The Morgan fingerprint density at radius 1 is 1.43 bits per heavy atom. The summed E-state index contributed by atoms with van der Waals surface area (Å²) in [6, 6.07) is 6.55. The SMILES string of the molecule is [2H]N1CCC(N)[C@H]1c1ccc(C)c(C)c1. The molecular weight excluding hydrogens is 172 g/mol. The molecule has 0 aromatic heterocycles. The first-order chi connectivity index (χ1) is 7.09. The maximum atomic E-state index is 7.83. The minimum Gasteiger partial charge on any atom is -0.326 e. The van der Waals surface area contributed by atoms with Crippen LogP contribution in [0.5, 0.6) is 0 Å². The zero-order valence-corrected chi connectivity index (χ0v) is 8.83. The van der Waals surface area contributed by atoms with Crippen molar-refractivity contribution < 1.29 is 1.41 Å². The van der Waals surface area contributed by atoms with Crippen LogP contribution >= 0.6 is 0 Å². The van der Waals surface area contributed by atoms with E-state index in [0.717, 1.165) is 13.0 Å². The van der Waals surface area contributed by atoms with Gasteiger partial charge in [0.1, 0.15) is 1.41 Å². The number of nitrogens with one attached hydrogen (secondary N) is 1. The fourth-order valence-corrected chi connectivity index (χ4v) is 1.96. The molecule has 2 rings (SSSR count). The first-order valence-electron chi connectivity index (χ1n) is 5.62. The van der Waals surface area contributed by atoms with Crippen molar-refractivity contribution in [1.82, 2.24) is 5.31 Å². The minimum absolute atomic E-state index is 0.0734. The topological polar surface area (TPSA) is 38.0 Å². The van der Waals surface area contributed by atoms with Gasteiger partial charge in [0.05, 0.1) is 0 Å². The van der Waals surface area contributed by atoms with Gasteiger partial charge >= 0.3 is 0 Å². The Balaban J connectivity index is 2.32. The van der Waals surface area contributed by atoms with Gasteiger partial charge < -0.3 is 11.0 Å². The van der Waals surface area contributed by atoms with Gasteiger partial charge in [0, 0.05) is 12.1 Å². The largest absolute Gasteiger partial charge is 0.326 e. The van der Waals surface area contributed by atoms with Crippen LogP contribution in [-0.4, -0.2) is 12.6 Å². The summed E-state index contributed by atoms with van der Waals surface area (Å²) in [5.41, 5.74) is 9.78. The molecule has 1 aromatic rings. The number of benzene rings is 1. The Hall–Kier alpha value is -0.860. The second-order valence-corrected chi connectivity index (χ2v) is 4.15. The lowest BCUT2D eigenvalue weighted by molar-refractivity contribution is 0.571. The summed E-state index contributed by atoms with van der Waals surface area (Å²) >= 11 is 0. The second-order valence-electron chi connectivity index (χ2n) is 4.15. The van der Waals surface area contributed by atoms with E-state index in [1.807, 2.05) is 0 Å². The highest BCUT2D eigenvalue weighted by molar-refractivity contribution is 5.32. The van der Waals surface area contributed by atoms with E-state index in [1.54, 1.807) is 5.31 Å². The molecule has 14 heavy (non-hydrogen) atoms. The minimum atomic E-state index is 0.0734. The first kappa shape index (κ1) is 8.45. The van der Waals surface area contributed by atoms with Crippen molar-refractivity contribution in [2.24, 2.45) is 5.73 Å². The van der Waals surface area contributed by atoms with Gasteiger partial charge in [0.15, 0.2) is 0 Å². The van der Waals surface area contributed by atoms with Crippen LogP contribution in [0.15, 0.2) is 18.2 Å². The van der Waals surface area contributed by atoms with Crippen LogP contribution in [-0.2, 0) is 0 Å². The van der Waals surface area contributed by atoms with Crippen molar-refractivity contribution in [2.75, 3.05) is 6.54 Å². The van der Waals surface area contributed by atoms with E-state index >= 15 is 0 Å². The lowest BCUT2D eigenvalue weighted by atomic mass is 9.98. The van der Waals surface area contributed by atoms with Crippen LogP contribution < -0.4 is 11.0 Å². The fourth-order valence-electron chi connectivity index (χ4n) is 1.96. The van der Waals surface area contributed by atoms with Crippen LogP contribution in [0.4, 0.5) is 0 Å². The Morgan fingerprint density at radius 3 is 2.79 bits per heavy atom. The molecule has 3 N–H and O–H groups in total. The van der Waals surface area contributed by atoms with Crippen LogP contribution in [0.1, 0.15) is 29.2 Å². The molecular formula is C12H18N2. The Bertz CT molecular complexity index is 355. The Kier molecular flexibility index (Phi) is 2.24. The van der Waals surface area contributed by atoms with Crippen molar-refractivity contribution in [1.29, 1.82) is 0 Å². The summed E-state index contributed by atoms with van der Waals surface area (Å²) < 4.78 is 7.83. The highest BCUT2D eigenvalue weighted by Gasteiger charge is 2.24. The zero-order valence-electron chi connectivity index (χ0n) is 9.83. The predicted octanol–water partition coefficient (Wildman–Crippen LogP) is 1.67. The van der Waals surface area contributed by atoms with E-state index in [2.05, 4.69) is 32.0 Å². The van der Waals surface area contributed by atoms with E-state index in [-0.39, 0.29) is 12.1 Å². The standard InChI is InChI=1S/C12H18N2/c1-8-3-4-10(7-9(8)2)12-11(13)5-6-14-12/h3-4,7,11-12,14H,5-6,13H2,1-2H3/t11?,12-/m1/s1/i/hD. The molecule has 1 unspecified atom stereocenters. The van der Waals surface area contributed by atoms with E-state index in [9.17, 15) is 0 Å². The van der Waals surface area contributed by atoms with Crippen molar-refractivity contribution >= 4 is 0 Å². The molecule has 0 bridgehead atoms. The monoisotopic (exact) mass is 191 g/mol. The Morgan fingerprint density at radius 2 is 2.21 bits per heavy atom. The van der Waals surface area contributed by atoms with Crippen LogP contribution in [0.3, 0.4) is 0 Å². The summed E-state index contributed by atoms with van der Waals surface area (Å²) in [6.07, 6.45) is 0.918. The molecule has 1 heterocycles. The lowest BCUT2D eigenvalue weighted by Crippen LogP contribution is -2.28. The Labute approximate surface area is 87.0 Å². The molecule has 1 saturated heterocycles. The number of hydrogen-bond donors (Lipinski definition) is 2. The molecule has 0 spiro atoms. The fraction of sp³-hybridized carbons (Fsp3) is 0.500. The van der Waals surface area contributed by atoms with Crippen LogP contribution in [0, 0.1) is 13.8 Å². The summed E-state index contributed by atoms with van der Waals surface area (Å²) in [5, 5.41) is 1.61. The van der Waals surface area contributed by atoms with E-state index in [4.69, 9.17) is 7.15 Å². The third-order valence-electron chi connectivity index (χ3n) is 3.07. The molecule has 1 aliphatic rings. The molecule has 76 valence electrons. The molecule has 1 fully saturated rings. The van der Waals surface area contributed by atoms with Gasteiger partial charge in [0.2, 0.25) is 0 Å². The number of rotatable bonds is 1. The summed E-state index contributed by atoms with van der Waals surface area (Å²) in [4.78, 5) is 0. The maximum absolute atomic E-state index is 7.83. The van der Waals surface area contributed by atoms with E-state index in [1.165, 1.54) is 16.7 Å². The predicted molar refractivity (Wildman–Crippen MR) is 59.3 cm³/mol. The van der Waals surface area contributed by atoms with Crippen LogP contribution in [0.25, 0.3) is 0 Å². The van der Waals surface area contributed by atoms with Gasteiger partial charge in [-0.15, -0.1) is 0 Å². The molecule has 1 aliphatic heterocycles. The summed E-state index contributed by atoms with van der Waals surface area (Å²) in [6.45, 7) is 4.98. The zero-order chi connectivity index (χ0) is 11.0.